The van der Waals surface area contributed by atoms with Crippen LogP contribution in [0.1, 0.15) is 36.9 Å². The maximum absolute atomic E-state index is 12.6. The van der Waals surface area contributed by atoms with Crippen molar-refractivity contribution >= 4 is 6.03 Å². The summed E-state index contributed by atoms with van der Waals surface area (Å²) in [6.07, 6.45) is 1.25. The van der Waals surface area contributed by atoms with Crippen LogP contribution in [0.15, 0.2) is 18.3 Å². The molecule has 0 spiro atoms. The summed E-state index contributed by atoms with van der Waals surface area (Å²) in [7, 11) is 0. The summed E-state index contributed by atoms with van der Waals surface area (Å²) in [5.41, 5.74) is -0.564. The molecule has 0 aliphatic heterocycles. The molecule has 1 aromatic heterocycles. The molecular weight excluding hydrogens is 295 g/mol. The van der Waals surface area contributed by atoms with Crippen molar-refractivity contribution in [3.05, 3.63) is 29.6 Å². The maximum Gasteiger partial charge on any atom is 0.433 e. The second kappa shape index (κ2) is 5.78. The number of pyridine rings is 1. The Morgan fingerprint density at radius 2 is 2.14 bits per heavy atom. The first kappa shape index (κ1) is 15.1. The molecule has 7 heteroatoms. The monoisotopic (exact) mass is 313 g/mol. The van der Waals surface area contributed by atoms with Gasteiger partial charge in [-0.25, -0.2) is 4.79 Å². The number of carbonyl (C=O) groups is 1. The molecule has 3 unspecified atom stereocenters. The average molecular weight is 313 g/mol. The Morgan fingerprint density at radius 3 is 2.77 bits per heavy atom. The van der Waals surface area contributed by atoms with Gasteiger partial charge in [-0.3, -0.25) is 4.98 Å². The highest BCUT2D eigenvalue weighted by molar-refractivity contribution is 5.74. The van der Waals surface area contributed by atoms with E-state index >= 15 is 0 Å². The summed E-state index contributed by atoms with van der Waals surface area (Å²) in [5, 5.41) is 5.56. The van der Waals surface area contributed by atoms with Crippen LogP contribution in [-0.4, -0.2) is 17.1 Å². The molecule has 2 fully saturated rings. The van der Waals surface area contributed by atoms with Crippen molar-refractivity contribution in [2.45, 2.75) is 44.4 Å². The van der Waals surface area contributed by atoms with E-state index in [4.69, 9.17) is 0 Å². The second-order valence-electron chi connectivity index (χ2n) is 6.16. The van der Waals surface area contributed by atoms with E-state index in [0.29, 0.717) is 11.5 Å². The zero-order chi connectivity index (χ0) is 15.7. The van der Waals surface area contributed by atoms with Crippen molar-refractivity contribution < 1.29 is 18.0 Å². The lowest BCUT2D eigenvalue weighted by Crippen LogP contribution is -2.44. The summed E-state index contributed by atoms with van der Waals surface area (Å²) < 4.78 is 37.7. The van der Waals surface area contributed by atoms with E-state index < -0.39 is 11.9 Å². The second-order valence-corrected chi connectivity index (χ2v) is 6.16. The summed E-state index contributed by atoms with van der Waals surface area (Å²) in [4.78, 5) is 15.2. The molecule has 0 aromatic carbocycles. The van der Waals surface area contributed by atoms with Gasteiger partial charge in [0.15, 0.2) is 0 Å². The average Bonchev–Trinajstić information content (AvgIpc) is 3.07. The lowest BCUT2D eigenvalue weighted by atomic mass is 9.95. The third-order valence-electron chi connectivity index (χ3n) is 4.62. The van der Waals surface area contributed by atoms with Crippen LogP contribution in [0.2, 0.25) is 0 Å². The van der Waals surface area contributed by atoms with Gasteiger partial charge in [-0.1, -0.05) is 6.42 Å². The van der Waals surface area contributed by atoms with Gasteiger partial charge in [0.2, 0.25) is 0 Å². The van der Waals surface area contributed by atoms with E-state index in [0.717, 1.165) is 31.0 Å². The molecule has 3 rings (SSSR count). The van der Waals surface area contributed by atoms with Crippen LogP contribution in [0.25, 0.3) is 0 Å². The molecule has 2 amide bonds. The molecule has 2 N–H and O–H groups in total. The quantitative estimate of drug-likeness (QED) is 0.901. The molecule has 2 saturated carbocycles. The van der Waals surface area contributed by atoms with E-state index in [2.05, 4.69) is 15.6 Å². The van der Waals surface area contributed by atoms with Crippen LogP contribution in [0, 0.1) is 11.8 Å². The highest BCUT2D eigenvalue weighted by Crippen LogP contribution is 2.44. The van der Waals surface area contributed by atoms with Gasteiger partial charge in [-0.05, 0) is 48.8 Å². The first-order valence-electron chi connectivity index (χ1n) is 7.48. The van der Waals surface area contributed by atoms with Gasteiger partial charge in [-0.15, -0.1) is 0 Å². The summed E-state index contributed by atoms with van der Waals surface area (Å²) >= 11 is 0. The molecule has 4 nitrogen and oxygen atoms in total. The molecule has 0 saturated heterocycles. The molecular formula is C15H18F3N3O. The molecule has 2 aliphatic rings. The molecule has 0 radical (unpaired) electrons. The van der Waals surface area contributed by atoms with Crippen LogP contribution in [0.4, 0.5) is 18.0 Å². The number of alkyl halides is 3. The lowest BCUT2D eigenvalue weighted by Gasteiger charge is -2.23. The largest absolute Gasteiger partial charge is 0.433 e. The van der Waals surface area contributed by atoms with Gasteiger partial charge < -0.3 is 10.6 Å². The van der Waals surface area contributed by atoms with Crippen LogP contribution in [0.3, 0.4) is 0 Å². The van der Waals surface area contributed by atoms with Crippen molar-refractivity contribution in [2.24, 2.45) is 11.8 Å². The highest BCUT2D eigenvalue weighted by atomic mass is 19.4. The minimum absolute atomic E-state index is 0.0538. The number of carbonyl (C=O) groups excluding carboxylic acids is 1. The molecule has 2 aliphatic carbocycles. The first-order chi connectivity index (χ1) is 10.4. The number of fused-ring (bicyclic) bond motifs is 2. The topological polar surface area (TPSA) is 54.0 Å². The van der Waals surface area contributed by atoms with Gasteiger partial charge in [0.25, 0.3) is 0 Å². The zero-order valence-electron chi connectivity index (χ0n) is 12.0. The van der Waals surface area contributed by atoms with E-state index in [1.54, 1.807) is 0 Å². The van der Waals surface area contributed by atoms with Gasteiger partial charge in [0.1, 0.15) is 5.69 Å². The number of nitrogens with one attached hydrogen (secondary N) is 2. The number of halogens is 3. The van der Waals surface area contributed by atoms with E-state index in [9.17, 15) is 18.0 Å². The Kier molecular flexibility index (Phi) is 3.97. The van der Waals surface area contributed by atoms with E-state index in [1.165, 1.54) is 18.9 Å². The minimum Gasteiger partial charge on any atom is -0.335 e. The number of aromatic nitrogens is 1. The number of amides is 2. The Balaban J connectivity index is 1.51. The fourth-order valence-corrected chi connectivity index (χ4v) is 3.56. The number of nitrogens with zero attached hydrogens (tertiary/aromatic N) is 1. The normalized spacial score (nSPS) is 27.0. The van der Waals surface area contributed by atoms with Crippen molar-refractivity contribution in [1.29, 1.82) is 0 Å². The van der Waals surface area contributed by atoms with E-state index in [1.807, 2.05) is 0 Å². The SMILES string of the molecule is O=C(NCc1ccnc(C(F)(F)F)c1)NC1CC2CCC1C2. The summed E-state index contributed by atoms with van der Waals surface area (Å²) in [6.45, 7) is 0.0538. The molecule has 1 heterocycles. The lowest BCUT2D eigenvalue weighted by molar-refractivity contribution is -0.141. The third-order valence-corrected chi connectivity index (χ3v) is 4.62. The molecule has 22 heavy (non-hydrogen) atoms. The van der Waals surface area contributed by atoms with Crippen molar-refractivity contribution in [3.63, 3.8) is 0 Å². The molecule has 120 valence electrons. The smallest absolute Gasteiger partial charge is 0.335 e. The van der Waals surface area contributed by atoms with Crippen molar-refractivity contribution in [3.8, 4) is 0 Å². The Labute approximate surface area is 126 Å². The fourth-order valence-electron chi connectivity index (χ4n) is 3.56. The first-order valence-corrected chi connectivity index (χ1v) is 7.48. The van der Waals surface area contributed by atoms with Gasteiger partial charge in [0.05, 0.1) is 0 Å². The number of urea groups is 1. The van der Waals surface area contributed by atoms with Gasteiger partial charge >= 0.3 is 12.2 Å². The van der Waals surface area contributed by atoms with Crippen molar-refractivity contribution in [2.75, 3.05) is 0 Å². The van der Waals surface area contributed by atoms with Crippen LogP contribution in [-0.2, 0) is 12.7 Å². The maximum atomic E-state index is 12.6. The molecule has 3 atom stereocenters. The summed E-state index contributed by atoms with van der Waals surface area (Å²) in [6, 6.07) is 2.31. The van der Waals surface area contributed by atoms with Gasteiger partial charge in [-0.2, -0.15) is 13.2 Å². The number of rotatable bonds is 3. The van der Waals surface area contributed by atoms with Gasteiger partial charge in [0, 0.05) is 18.8 Å². The number of hydrogen-bond acceptors (Lipinski definition) is 2. The van der Waals surface area contributed by atoms with Crippen LogP contribution in [0.5, 0.6) is 0 Å². The third kappa shape index (κ3) is 3.34. The van der Waals surface area contributed by atoms with Crippen molar-refractivity contribution in [1.82, 2.24) is 15.6 Å². The fraction of sp³-hybridized carbons (Fsp3) is 0.600. The summed E-state index contributed by atoms with van der Waals surface area (Å²) in [5.74, 6) is 1.29. The predicted molar refractivity (Wildman–Crippen MR) is 73.8 cm³/mol. The highest BCUT2D eigenvalue weighted by Gasteiger charge is 2.40. The zero-order valence-corrected chi connectivity index (χ0v) is 12.0. The standard InChI is InChI=1S/C15H18F3N3O/c16-15(17,18)13-7-10(3-4-19-13)8-20-14(22)21-12-6-9-1-2-11(12)5-9/h3-4,7,9,11-12H,1-2,5-6,8H2,(H2,20,21,22). The van der Waals surface area contributed by atoms with E-state index in [-0.39, 0.29) is 18.6 Å². The molecule has 2 bridgehead atoms. The molecule has 1 aromatic rings. The Morgan fingerprint density at radius 1 is 1.32 bits per heavy atom. The van der Waals surface area contributed by atoms with Crippen LogP contribution >= 0.6 is 0 Å². The van der Waals surface area contributed by atoms with Crippen LogP contribution < -0.4 is 10.6 Å². The predicted octanol–water partition coefficient (Wildman–Crippen LogP) is 3.09. The Bertz CT molecular complexity index is 561. The Hall–Kier alpha value is -1.79. The minimum atomic E-state index is -4.47. The number of hydrogen-bond donors (Lipinski definition) is 2.